The zero-order chi connectivity index (χ0) is 17.5. The van der Waals surface area contributed by atoms with Crippen LogP contribution in [0.1, 0.15) is 11.1 Å². The molecule has 0 radical (unpaired) electrons. The molecule has 5 nitrogen and oxygen atoms in total. The number of rotatable bonds is 5. The molecule has 2 aromatic rings. The number of ether oxygens (including phenoxy) is 1. The number of aryl methyl sites for hydroxylation is 1. The van der Waals surface area contributed by atoms with Gasteiger partial charge in [0, 0.05) is 6.54 Å². The number of hydrogen-bond acceptors (Lipinski definition) is 3. The minimum absolute atomic E-state index is 0.237. The Morgan fingerprint density at radius 1 is 1.12 bits per heavy atom. The number of amides is 2. The summed E-state index contributed by atoms with van der Waals surface area (Å²) in [5.41, 5.74) is 2.11. The number of carbonyl (C=O) groups is 2. The third-order valence-electron chi connectivity index (χ3n) is 3.40. The molecule has 0 saturated heterocycles. The molecular weight excluding hydrogens is 311 g/mol. The van der Waals surface area contributed by atoms with E-state index in [0.29, 0.717) is 17.9 Å². The van der Waals surface area contributed by atoms with Gasteiger partial charge in [0.2, 0.25) is 0 Å². The Morgan fingerprint density at radius 3 is 2.62 bits per heavy atom. The number of halogens is 1. The van der Waals surface area contributed by atoms with Gasteiger partial charge < -0.3 is 15.4 Å². The third-order valence-corrected chi connectivity index (χ3v) is 3.40. The first-order valence-corrected chi connectivity index (χ1v) is 7.48. The van der Waals surface area contributed by atoms with E-state index in [1.165, 1.54) is 19.2 Å². The van der Waals surface area contributed by atoms with Crippen LogP contribution in [0.3, 0.4) is 0 Å². The van der Waals surface area contributed by atoms with Gasteiger partial charge in [0.25, 0.3) is 0 Å². The summed E-state index contributed by atoms with van der Waals surface area (Å²) >= 11 is 0. The lowest BCUT2D eigenvalue weighted by Gasteiger charge is -2.11. The van der Waals surface area contributed by atoms with Crippen molar-refractivity contribution in [3.05, 3.63) is 59.4 Å². The summed E-state index contributed by atoms with van der Waals surface area (Å²) in [6.45, 7) is 2.11. The third kappa shape index (κ3) is 4.81. The van der Waals surface area contributed by atoms with Gasteiger partial charge in [-0.05, 0) is 48.7 Å². The number of methoxy groups -OCH3 is 1. The predicted molar refractivity (Wildman–Crippen MR) is 89.5 cm³/mol. The van der Waals surface area contributed by atoms with E-state index >= 15 is 0 Å². The quantitative estimate of drug-likeness (QED) is 0.828. The highest BCUT2D eigenvalue weighted by Gasteiger charge is 2.15. The summed E-state index contributed by atoms with van der Waals surface area (Å²) in [4.78, 5) is 23.8. The standard InChI is InChI=1S/C18H19FN2O3/c1-12-6-7-16(24-2)15(10-12)21-18(23)17(22)20-9-8-13-4-3-5-14(19)11-13/h3-7,10-11H,8-9H2,1-2H3,(H,20,22)(H,21,23). The van der Waals surface area contributed by atoms with Gasteiger partial charge >= 0.3 is 11.8 Å². The molecule has 2 N–H and O–H groups in total. The molecule has 0 aliphatic heterocycles. The van der Waals surface area contributed by atoms with Crippen LogP contribution in [-0.2, 0) is 16.0 Å². The maximum absolute atomic E-state index is 13.1. The van der Waals surface area contributed by atoms with Crippen molar-refractivity contribution in [1.82, 2.24) is 5.32 Å². The van der Waals surface area contributed by atoms with Crippen molar-refractivity contribution in [1.29, 1.82) is 0 Å². The van der Waals surface area contributed by atoms with Crippen LogP contribution >= 0.6 is 0 Å². The molecule has 0 atom stereocenters. The summed E-state index contributed by atoms with van der Waals surface area (Å²) < 4.78 is 18.2. The summed E-state index contributed by atoms with van der Waals surface area (Å²) in [5.74, 6) is -1.39. The Hall–Kier alpha value is -2.89. The number of anilines is 1. The zero-order valence-corrected chi connectivity index (χ0v) is 13.6. The van der Waals surface area contributed by atoms with Crippen LogP contribution in [-0.4, -0.2) is 25.5 Å². The monoisotopic (exact) mass is 330 g/mol. The highest BCUT2D eigenvalue weighted by molar-refractivity contribution is 6.39. The summed E-state index contributed by atoms with van der Waals surface area (Å²) in [6, 6.07) is 11.4. The molecule has 0 heterocycles. The van der Waals surface area contributed by atoms with Crippen molar-refractivity contribution in [3.8, 4) is 5.75 Å². The highest BCUT2D eigenvalue weighted by Crippen LogP contribution is 2.24. The van der Waals surface area contributed by atoms with Gasteiger partial charge in [-0.1, -0.05) is 18.2 Å². The summed E-state index contributed by atoms with van der Waals surface area (Å²) in [6.07, 6.45) is 0.435. The fourth-order valence-electron chi connectivity index (χ4n) is 2.19. The molecule has 2 aromatic carbocycles. The van der Waals surface area contributed by atoms with Gasteiger partial charge in [0.1, 0.15) is 11.6 Å². The van der Waals surface area contributed by atoms with Gasteiger partial charge in [-0.25, -0.2) is 4.39 Å². The van der Waals surface area contributed by atoms with Crippen molar-refractivity contribution < 1.29 is 18.7 Å². The van der Waals surface area contributed by atoms with Crippen LogP contribution in [0.4, 0.5) is 10.1 Å². The second-order valence-electron chi connectivity index (χ2n) is 5.29. The Morgan fingerprint density at radius 2 is 1.92 bits per heavy atom. The minimum Gasteiger partial charge on any atom is -0.495 e. The number of carbonyl (C=O) groups excluding carboxylic acids is 2. The van der Waals surface area contributed by atoms with Crippen LogP contribution in [0.15, 0.2) is 42.5 Å². The molecule has 0 fully saturated rings. The van der Waals surface area contributed by atoms with E-state index in [1.807, 2.05) is 13.0 Å². The molecule has 0 bridgehead atoms. The van der Waals surface area contributed by atoms with E-state index in [0.717, 1.165) is 11.1 Å². The fraction of sp³-hybridized carbons (Fsp3) is 0.222. The van der Waals surface area contributed by atoms with E-state index in [9.17, 15) is 14.0 Å². The Bertz CT molecular complexity index is 747. The SMILES string of the molecule is COc1ccc(C)cc1NC(=O)C(=O)NCCc1cccc(F)c1. The fourth-order valence-corrected chi connectivity index (χ4v) is 2.19. The second kappa shape index (κ2) is 8.10. The molecule has 2 rings (SSSR count). The highest BCUT2D eigenvalue weighted by atomic mass is 19.1. The van der Waals surface area contributed by atoms with Crippen molar-refractivity contribution >= 4 is 17.5 Å². The second-order valence-corrected chi connectivity index (χ2v) is 5.29. The van der Waals surface area contributed by atoms with Crippen LogP contribution < -0.4 is 15.4 Å². The van der Waals surface area contributed by atoms with E-state index < -0.39 is 11.8 Å². The normalized spacial score (nSPS) is 10.1. The van der Waals surface area contributed by atoms with Crippen LogP contribution in [0.2, 0.25) is 0 Å². The van der Waals surface area contributed by atoms with Crippen molar-refractivity contribution in [3.63, 3.8) is 0 Å². The van der Waals surface area contributed by atoms with Crippen molar-refractivity contribution in [2.24, 2.45) is 0 Å². The molecular formula is C18H19FN2O3. The Balaban J connectivity index is 1.88. The van der Waals surface area contributed by atoms with Crippen LogP contribution in [0, 0.1) is 12.7 Å². The lowest BCUT2D eigenvalue weighted by atomic mass is 10.1. The van der Waals surface area contributed by atoms with E-state index in [4.69, 9.17) is 4.74 Å². The van der Waals surface area contributed by atoms with E-state index in [-0.39, 0.29) is 12.4 Å². The molecule has 0 unspecified atom stereocenters. The number of benzene rings is 2. The maximum atomic E-state index is 13.1. The Labute approximate surface area is 139 Å². The Kier molecular flexibility index (Phi) is 5.89. The van der Waals surface area contributed by atoms with Gasteiger partial charge in [0.15, 0.2) is 0 Å². The first-order valence-electron chi connectivity index (χ1n) is 7.48. The lowest BCUT2D eigenvalue weighted by Crippen LogP contribution is -2.36. The van der Waals surface area contributed by atoms with Crippen LogP contribution in [0.5, 0.6) is 5.75 Å². The predicted octanol–water partition coefficient (Wildman–Crippen LogP) is 2.44. The molecule has 0 aliphatic carbocycles. The van der Waals surface area contributed by atoms with Gasteiger partial charge in [0.05, 0.1) is 12.8 Å². The number of nitrogens with one attached hydrogen (secondary N) is 2. The molecule has 0 aromatic heterocycles. The smallest absolute Gasteiger partial charge is 0.313 e. The van der Waals surface area contributed by atoms with Gasteiger partial charge in [-0.3, -0.25) is 9.59 Å². The van der Waals surface area contributed by atoms with Crippen molar-refractivity contribution in [2.75, 3.05) is 19.0 Å². The largest absolute Gasteiger partial charge is 0.495 e. The van der Waals surface area contributed by atoms with Gasteiger partial charge in [-0.15, -0.1) is 0 Å². The average molecular weight is 330 g/mol. The molecule has 24 heavy (non-hydrogen) atoms. The molecule has 126 valence electrons. The molecule has 6 heteroatoms. The molecule has 0 aliphatic rings. The zero-order valence-electron chi connectivity index (χ0n) is 13.6. The molecule has 0 saturated carbocycles. The van der Waals surface area contributed by atoms with Crippen LogP contribution in [0.25, 0.3) is 0 Å². The summed E-state index contributed by atoms with van der Waals surface area (Å²) in [7, 11) is 1.49. The van der Waals surface area contributed by atoms with Gasteiger partial charge in [-0.2, -0.15) is 0 Å². The van der Waals surface area contributed by atoms with E-state index in [1.54, 1.807) is 24.3 Å². The maximum Gasteiger partial charge on any atom is 0.313 e. The lowest BCUT2D eigenvalue weighted by molar-refractivity contribution is -0.136. The number of hydrogen-bond donors (Lipinski definition) is 2. The van der Waals surface area contributed by atoms with Crippen molar-refractivity contribution in [2.45, 2.75) is 13.3 Å². The molecule has 0 spiro atoms. The topological polar surface area (TPSA) is 67.4 Å². The van der Waals surface area contributed by atoms with E-state index in [2.05, 4.69) is 10.6 Å². The minimum atomic E-state index is -0.779. The first-order chi connectivity index (χ1) is 11.5. The first kappa shape index (κ1) is 17.5. The average Bonchev–Trinajstić information content (AvgIpc) is 2.55. The summed E-state index contributed by atoms with van der Waals surface area (Å²) in [5, 5.41) is 5.03. The molecule has 2 amide bonds.